The van der Waals surface area contributed by atoms with Gasteiger partial charge in [-0.2, -0.15) is 13.2 Å². The Morgan fingerprint density at radius 2 is 1.87 bits per heavy atom. The van der Waals surface area contributed by atoms with Crippen LogP contribution in [-0.2, 0) is 0 Å². The van der Waals surface area contributed by atoms with Gasteiger partial charge in [-0.15, -0.1) is 0 Å². The van der Waals surface area contributed by atoms with E-state index in [2.05, 4.69) is 4.99 Å². The molecule has 5 heteroatoms. The van der Waals surface area contributed by atoms with Crippen LogP contribution in [0.25, 0.3) is 10.8 Å². The monoisotopic (exact) mass is 320 g/mol. The minimum atomic E-state index is -4.45. The van der Waals surface area contributed by atoms with Gasteiger partial charge in [0.05, 0.1) is 5.69 Å². The molecule has 2 aromatic carbocycles. The number of fused-ring (bicyclic) bond motifs is 3. The standard InChI is InChI=1S/C18H19F3N2/c1-4-11(2)17-22-16(18(19,20)21)14-10-9-12-7-5-6-8-13(12)15(14)23(17)3/h5-11,17H,4H2,1-3H3. The SMILES string of the molecule is CCC(C)C1N=C(C(F)(F)F)c2ccc3ccccc3c2N1C. The predicted octanol–water partition coefficient (Wildman–Crippen LogP) is 5.01. The number of aliphatic imine (C=N–C) groups is 1. The van der Waals surface area contributed by atoms with Crippen LogP contribution in [0.1, 0.15) is 25.8 Å². The highest BCUT2D eigenvalue weighted by atomic mass is 19.4. The molecule has 0 bridgehead atoms. The Hall–Kier alpha value is -2.04. The number of halogens is 3. The molecule has 2 atom stereocenters. The molecule has 0 spiro atoms. The van der Waals surface area contributed by atoms with E-state index >= 15 is 0 Å². The molecule has 0 aromatic heterocycles. The van der Waals surface area contributed by atoms with Gasteiger partial charge in [0.1, 0.15) is 6.17 Å². The fraction of sp³-hybridized carbons (Fsp3) is 0.389. The lowest BCUT2D eigenvalue weighted by Crippen LogP contribution is -2.43. The predicted molar refractivity (Wildman–Crippen MR) is 88.2 cm³/mol. The number of rotatable bonds is 2. The van der Waals surface area contributed by atoms with Gasteiger partial charge in [-0.3, -0.25) is 4.99 Å². The summed E-state index contributed by atoms with van der Waals surface area (Å²) in [6.45, 7) is 3.91. The number of anilines is 1. The van der Waals surface area contributed by atoms with Crippen LogP contribution in [0.4, 0.5) is 18.9 Å². The lowest BCUT2D eigenvalue weighted by atomic mass is 9.94. The summed E-state index contributed by atoms with van der Waals surface area (Å²) < 4.78 is 40.6. The zero-order valence-corrected chi connectivity index (χ0v) is 13.4. The van der Waals surface area contributed by atoms with Crippen molar-refractivity contribution in [1.29, 1.82) is 0 Å². The minimum absolute atomic E-state index is 0.0319. The molecule has 0 aliphatic carbocycles. The summed E-state index contributed by atoms with van der Waals surface area (Å²) in [6.07, 6.45) is -4.19. The van der Waals surface area contributed by atoms with Gasteiger partial charge in [-0.05, 0) is 17.7 Å². The van der Waals surface area contributed by atoms with Gasteiger partial charge in [0.15, 0.2) is 5.71 Å². The molecule has 0 radical (unpaired) electrons. The minimum Gasteiger partial charge on any atom is -0.352 e. The molecular formula is C18H19F3N2. The van der Waals surface area contributed by atoms with Crippen molar-refractivity contribution in [1.82, 2.24) is 0 Å². The summed E-state index contributed by atoms with van der Waals surface area (Å²) in [6, 6.07) is 10.8. The topological polar surface area (TPSA) is 15.6 Å². The first kappa shape index (κ1) is 15.8. The lowest BCUT2D eigenvalue weighted by Gasteiger charge is -2.38. The Balaban J connectivity index is 2.30. The van der Waals surface area contributed by atoms with Crippen LogP contribution in [-0.4, -0.2) is 25.1 Å². The zero-order chi connectivity index (χ0) is 16.8. The van der Waals surface area contributed by atoms with Crippen molar-refractivity contribution < 1.29 is 13.2 Å². The highest BCUT2D eigenvalue weighted by Crippen LogP contribution is 2.40. The summed E-state index contributed by atoms with van der Waals surface area (Å²) in [5, 5.41) is 1.77. The van der Waals surface area contributed by atoms with Crippen LogP contribution in [0.3, 0.4) is 0 Å². The Labute approximate surface area is 133 Å². The van der Waals surface area contributed by atoms with Gasteiger partial charge in [-0.25, -0.2) is 0 Å². The quantitative estimate of drug-likeness (QED) is 0.759. The van der Waals surface area contributed by atoms with E-state index in [1.54, 1.807) is 6.07 Å². The van der Waals surface area contributed by atoms with Gasteiger partial charge in [0, 0.05) is 18.0 Å². The highest BCUT2D eigenvalue weighted by Gasteiger charge is 2.43. The molecule has 2 unspecified atom stereocenters. The Kier molecular flexibility index (Phi) is 3.82. The van der Waals surface area contributed by atoms with Crippen molar-refractivity contribution in [2.24, 2.45) is 10.9 Å². The van der Waals surface area contributed by atoms with Crippen LogP contribution in [0.2, 0.25) is 0 Å². The highest BCUT2D eigenvalue weighted by molar-refractivity contribution is 6.15. The molecule has 122 valence electrons. The van der Waals surface area contributed by atoms with E-state index in [-0.39, 0.29) is 11.5 Å². The van der Waals surface area contributed by atoms with Gasteiger partial charge < -0.3 is 4.90 Å². The number of nitrogens with zero attached hydrogens (tertiary/aromatic N) is 2. The van der Waals surface area contributed by atoms with Gasteiger partial charge in [-0.1, -0.05) is 50.2 Å². The maximum Gasteiger partial charge on any atom is 0.433 e. The number of hydrogen-bond acceptors (Lipinski definition) is 2. The first-order valence-corrected chi connectivity index (χ1v) is 7.74. The van der Waals surface area contributed by atoms with Crippen LogP contribution in [0, 0.1) is 5.92 Å². The summed E-state index contributed by atoms with van der Waals surface area (Å²) in [7, 11) is 1.83. The molecule has 23 heavy (non-hydrogen) atoms. The molecule has 1 aliphatic heterocycles. The third kappa shape index (κ3) is 2.58. The third-order valence-corrected chi connectivity index (χ3v) is 4.59. The number of benzene rings is 2. The van der Waals surface area contributed by atoms with Gasteiger partial charge in [0.2, 0.25) is 0 Å². The first-order valence-electron chi connectivity index (χ1n) is 7.74. The second kappa shape index (κ2) is 5.55. The Bertz CT molecular complexity index is 764. The van der Waals surface area contributed by atoms with E-state index in [1.165, 1.54) is 6.07 Å². The number of hydrogen-bond donors (Lipinski definition) is 0. The average Bonchev–Trinajstić information content (AvgIpc) is 2.52. The molecule has 1 heterocycles. The molecule has 0 fully saturated rings. The third-order valence-electron chi connectivity index (χ3n) is 4.59. The van der Waals surface area contributed by atoms with Gasteiger partial charge >= 0.3 is 6.18 Å². The zero-order valence-electron chi connectivity index (χ0n) is 13.4. The average molecular weight is 320 g/mol. The van der Waals surface area contributed by atoms with Crippen molar-refractivity contribution in [3.8, 4) is 0 Å². The van der Waals surface area contributed by atoms with Crippen molar-refractivity contribution in [2.75, 3.05) is 11.9 Å². The molecule has 0 amide bonds. The normalized spacial score (nSPS) is 19.5. The summed E-state index contributed by atoms with van der Waals surface area (Å²) >= 11 is 0. The number of alkyl halides is 3. The molecular weight excluding hydrogens is 301 g/mol. The molecule has 0 N–H and O–H groups in total. The first-order chi connectivity index (χ1) is 10.8. The van der Waals surface area contributed by atoms with E-state index in [4.69, 9.17) is 0 Å². The Morgan fingerprint density at radius 3 is 2.52 bits per heavy atom. The largest absolute Gasteiger partial charge is 0.433 e. The molecule has 0 saturated carbocycles. The van der Waals surface area contributed by atoms with Gasteiger partial charge in [0.25, 0.3) is 0 Å². The van der Waals surface area contributed by atoms with E-state index in [0.717, 1.165) is 17.2 Å². The van der Waals surface area contributed by atoms with E-state index in [9.17, 15) is 13.2 Å². The smallest absolute Gasteiger partial charge is 0.352 e. The van der Waals surface area contributed by atoms with Crippen LogP contribution in [0.15, 0.2) is 41.4 Å². The molecule has 2 aromatic rings. The van der Waals surface area contributed by atoms with Crippen LogP contribution >= 0.6 is 0 Å². The molecule has 1 aliphatic rings. The maximum atomic E-state index is 13.5. The fourth-order valence-corrected chi connectivity index (χ4v) is 3.19. The fourth-order valence-electron chi connectivity index (χ4n) is 3.19. The van der Waals surface area contributed by atoms with E-state index in [0.29, 0.717) is 5.69 Å². The summed E-state index contributed by atoms with van der Waals surface area (Å²) in [5.41, 5.74) is 0.0237. The van der Waals surface area contributed by atoms with E-state index < -0.39 is 18.1 Å². The van der Waals surface area contributed by atoms with Crippen LogP contribution < -0.4 is 4.90 Å². The van der Waals surface area contributed by atoms with E-state index in [1.807, 2.05) is 50.1 Å². The molecule has 0 saturated heterocycles. The summed E-state index contributed by atoms with van der Waals surface area (Å²) in [5.74, 6) is 0.0319. The van der Waals surface area contributed by atoms with Crippen molar-refractivity contribution in [3.05, 3.63) is 42.0 Å². The lowest BCUT2D eigenvalue weighted by molar-refractivity contribution is -0.0586. The summed E-state index contributed by atoms with van der Waals surface area (Å²) in [4.78, 5) is 5.96. The van der Waals surface area contributed by atoms with Crippen molar-refractivity contribution >= 4 is 22.2 Å². The molecule has 2 nitrogen and oxygen atoms in total. The van der Waals surface area contributed by atoms with Crippen molar-refractivity contribution in [3.63, 3.8) is 0 Å². The second-order valence-electron chi connectivity index (χ2n) is 6.07. The van der Waals surface area contributed by atoms with Crippen LogP contribution in [0.5, 0.6) is 0 Å². The Morgan fingerprint density at radius 1 is 1.17 bits per heavy atom. The maximum absolute atomic E-state index is 13.5. The second-order valence-corrected chi connectivity index (χ2v) is 6.07. The van der Waals surface area contributed by atoms with Crippen molar-refractivity contribution in [2.45, 2.75) is 32.6 Å². The molecule has 3 rings (SSSR count).